The monoisotopic (exact) mass is 264 g/mol. The van der Waals surface area contributed by atoms with Crippen molar-refractivity contribution in [2.24, 2.45) is 5.92 Å². The molecule has 19 heavy (non-hydrogen) atoms. The van der Waals surface area contributed by atoms with Crippen LogP contribution in [0.1, 0.15) is 12.0 Å². The quantitative estimate of drug-likeness (QED) is 0.880. The van der Waals surface area contributed by atoms with Gasteiger partial charge in [-0.2, -0.15) is 0 Å². The van der Waals surface area contributed by atoms with Gasteiger partial charge in [0, 0.05) is 26.6 Å². The predicted molar refractivity (Wildman–Crippen MR) is 68.9 cm³/mol. The molecule has 102 valence electrons. The summed E-state index contributed by atoms with van der Waals surface area (Å²) in [4.78, 5) is 24.9. The molecule has 1 aromatic carbocycles. The van der Waals surface area contributed by atoms with Crippen molar-refractivity contribution in [2.75, 3.05) is 20.1 Å². The summed E-state index contributed by atoms with van der Waals surface area (Å²) in [7, 11) is 1.58. The van der Waals surface area contributed by atoms with Crippen molar-refractivity contribution < 1.29 is 14.0 Å². The van der Waals surface area contributed by atoms with Crippen LogP contribution in [0.4, 0.5) is 4.39 Å². The molecule has 0 radical (unpaired) electrons. The molecule has 1 aliphatic rings. The number of halogens is 1. The second-order valence-electron chi connectivity index (χ2n) is 4.73. The molecule has 0 spiro atoms. The molecular weight excluding hydrogens is 247 g/mol. The summed E-state index contributed by atoms with van der Waals surface area (Å²) in [6.07, 6.45) is 0.954. The Morgan fingerprint density at radius 3 is 2.74 bits per heavy atom. The Hall–Kier alpha value is -1.91. The van der Waals surface area contributed by atoms with Gasteiger partial charge in [-0.05, 0) is 24.1 Å². The van der Waals surface area contributed by atoms with Gasteiger partial charge in [0.1, 0.15) is 5.82 Å². The van der Waals surface area contributed by atoms with Crippen LogP contribution in [-0.2, 0) is 16.0 Å². The molecule has 5 heteroatoms. The molecule has 2 amide bonds. The van der Waals surface area contributed by atoms with Gasteiger partial charge in [-0.1, -0.05) is 12.1 Å². The van der Waals surface area contributed by atoms with Gasteiger partial charge in [0.15, 0.2) is 0 Å². The standard InChI is InChI=1S/C14H17FN2O2/c1-16-14(19)11-8-13(18)17(9-11)7-6-10-2-4-12(15)5-3-10/h2-5,11H,6-9H2,1H3,(H,16,19). The molecule has 1 unspecified atom stereocenters. The van der Waals surface area contributed by atoms with Crippen LogP contribution in [0, 0.1) is 11.7 Å². The van der Waals surface area contributed by atoms with E-state index < -0.39 is 0 Å². The highest BCUT2D eigenvalue weighted by Gasteiger charge is 2.33. The predicted octanol–water partition coefficient (Wildman–Crippen LogP) is 0.963. The Bertz CT molecular complexity index is 473. The van der Waals surface area contributed by atoms with E-state index in [0.717, 1.165) is 5.56 Å². The zero-order valence-electron chi connectivity index (χ0n) is 10.9. The van der Waals surface area contributed by atoms with Crippen LogP contribution in [0.25, 0.3) is 0 Å². The minimum absolute atomic E-state index is 0.00992. The summed E-state index contributed by atoms with van der Waals surface area (Å²) in [5, 5.41) is 2.57. The van der Waals surface area contributed by atoms with Gasteiger partial charge in [0.25, 0.3) is 0 Å². The maximum atomic E-state index is 12.8. The van der Waals surface area contributed by atoms with E-state index in [0.29, 0.717) is 19.5 Å². The number of hydrogen-bond acceptors (Lipinski definition) is 2. The van der Waals surface area contributed by atoms with Crippen molar-refractivity contribution in [2.45, 2.75) is 12.8 Å². The Balaban J connectivity index is 1.88. The number of nitrogens with zero attached hydrogens (tertiary/aromatic N) is 1. The number of nitrogens with one attached hydrogen (secondary N) is 1. The number of hydrogen-bond donors (Lipinski definition) is 1. The lowest BCUT2D eigenvalue weighted by molar-refractivity contribution is -0.128. The van der Waals surface area contributed by atoms with Crippen molar-refractivity contribution in [1.29, 1.82) is 0 Å². The van der Waals surface area contributed by atoms with E-state index in [1.165, 1.54) is 12.1 Å². The summed E-state index contributed by atoms with van der Waals surface area (Å²) < 4.78 is 12.8. The maximum Gasteiger partial charge on any atom is 0.225 e. The summed E-state index contributed by atoms with van der Waals surface area (Å²) in [6, 6.07) is 6.25. The fraction of sp³-hybridized carbons (Fsp3) is 0.429. The molecule has 0 aliphatic carbocycles. The molecule has 0 aromatic heterocycles. The molecular formula is C14H17FN2O2. The molecule has 1 N–H and O–H groups in total. The minimum Gasteiger partial charge on any atom is -0.359 e. The van der Waals surface area contributed by atoms with Crippen LogP contribution >= 0.6 is 0 Å². The lowest BCUT2D eigenvalue weighted by Gasteiger charge is -2.16. The third-order valence-corrected chi connectivity index (χ3v) is 3.42. The summed E-state index contributed by atoms with van der Waals surface area (Å²) in [5.41, 5.74) is 0.984. The largest absolute Gasteiger partial charge is 0.359 e. The lowest BCUT2D eigenvalue weighted by Crippen LogP contribution is -2.31. The smallest absolute Gasteiger partial charge is 0.225 e. The van der Waals surface area contributed by atoms with Crippen molar-refractivity contribution in [3.05, 3.63) is 35.6 Å². The van der Waals surface area contributed by atoms with Crippen LogP contribution in [-0.4, -0.2) is 36.9 Å². The van der Waals surface area contributed by atoms with Gasteiger partial charge in [0.05, 0.1) is 5.92 Å². The number of carbonyl (C=O) groups excluding carboxylic acids is 2. The first-order valence-corrected chi connectivity index (χ1v) is 6.34. The molecule has 4 nitrogen and oxygen atoms in total. The average Bonchev–Trinajstić information content (AvgIpc) is 2.79. The van der Waals surface area contributed by atoms with E-state index in [1.54, 1.807) is 24.1 Å². The maximum absolute atomic E-state index is 12.8. The van der Waals surface area contributed by atoms with Crippen molar-refractivity contribution in [3.8, 4) is 0 Å². The highest BCUT2D eigenvalue weighted by atomic mass is 19.1. The second-order valence-corrected chi connectivity index (χ2v) is 4.73. The zero-order chi connectivity index (χ0) is 13.8. The first kappa shape index (κ1) is 13.5. The van der Waals surface area contributed by atoms with Crippen LogP contribution in [0.3, 0.4) is 0 Å². The highest BCUT2D eigenvalue weighted by molar-refractivity contribution is 5.89. The number of benzene rings is 1. The van der Waals surface area contributed by atoms with Gasteiger partial charge < -0.3 is 10.2 Å². The molecule has 1 heterocycles. The van der Waals surface area contributed by atoms with E-state index in [4.69, 9.17) is 0 Å². The van der Waals surface area contributed by atoms with Gasteiger partial charge in [-0.15, -0.1) is 0 Å². The summed E-state index contributed by atoms with van der Waals surface area (Å²) >= 11 is 0. The molecule has 1 atom stereocenters. The molecule has 0 saturated carbocycles. The Kier molecular flexibility index (Phi) is 4.14. The SMILES string of the molecule is CNC(=O)C1CC(=O)N(CCc2ccc(F)cc2)C1. The number of likely N-dealkylation sites (tertiary alicyclic amines) is 1. The molecule has 1 aromatic rings. The fourth-order valence-electron chi connectivity index (χ4n) is 2.28. The Morgan fingerprint density at radius 1 is 1.42 bits per heavy atom. The molecule has 1 saturated heterocycles. The Labute approximate surface area is 111 Å². The fourth-order valence-corrected chi connectivity index (χ4v) is 2.28. The first-order chi connectivity index (χ1) is 9.10. The van der Waals surface area contributed by atoms with E-state index in [-0.39, 0.29) is 30.0 Å². The highest BCUT2D eigenvalue weighted by Crippen LogP contribution is 2.18. The second kappa shape index (κ2) is 5.82. The van der Waals surface area contributed by atoms with Crippen molar-refractivity contribution in [1.82, 2.24) is 10.2 Å². The van der Waals surface area contributed by atoms with Gasteiger partial charge in [0.2, 0.25) is 11.8 Å². The van der Waals surface area contributed by atoms with Crippen LogP contribution in [0.15, 0.2) is 24.3 Å². The van der Waals surface area contributed by atoms with Gasteiger partial charge in [-0.3, -0.25) is 9.59 Å². The first-order valence-electron chi connectivity index (χ1n) is 6.34. The molecule has 2 rings (SSSR count). The molecule has 0 bridgehead atoms. The van der Waals surface area contributed by atoms with E-state index in [9.17, 15) is 14.0 Å². The average molecular weight is 264 g/mol. The molecule has 1 aliphatic heterocycles. The normalized spacial score (nSPS) is 18.7. The summed E-state index contributed by atoms with van der Waals surface area (Å²) in [6.45, 7) is 1.04. The van der Waals surface area contributed by atoms with Crippen LogP contribution in [0.5, 0.6) is 0 Å². The van der Waals surface area contributed by atoms with Gasteiger partial charge >= 0.3 is 0 Å². The lowest BCUT2D eigenvalue weighted by atomic mass is 10.1. The topological polar surface area (TPSA) is 49.4 Å². The van der Waals surface area contributed by atoms with Crippen LogP contribution in [0.2, 0.25) is 0 Å². The van der Waals surface area contributed by atoms with Crippen molar-refractivity contribution in [3.63, 3.8) is 0 Å². The third kappa shape index (κ3) is 3.30. The van der Waals surface area contributed by atoms with Gasteiger partial charge in [-0.25, -0.2) is 4.39 Å². The zero-order valence-corrected chi connectivity index (χ0v) is 10.9. The number of carbonyl (C=O) groups is 2. The third-order valence-electron chi connectivity index (χ3n) is 3.42. The van der Waals surface area contributed by atoms with Crippen LogP contribution < -0.4 is 5.32 Å². The van der Waals surface area contributed by atoms with E-state index >= 15 is 0 Å². The Morgan fingerprint density at radius 2 is 2.11 bits per heavy atom. The van der Waals surface area contributed by atoms with Crippen molar-refractivity contribution >= 4 is 11.8 Å². The summed E-state index contributed by atoms with van der Waals surface area (Å²) in [5.74, 6) is -0.584. The van der Waals surface area contributed by atoms with E-state index in [2.05, 4.69) is 5.32 Å². The molecule has 1 fully saturated rings. The van der Waals surface area contributed by atoms with E-state index in [1.807, 2.05) is 0 Å². The minimum atomic E-state index is -0.263. The number of amides is 2. The number of rotatable bonds is 4.